The second kappa shape index (κ2) is 6.30. The summed E-state index contributed by atoms with van der Waals surface area (Å²) < 4.78 is 18.9. The van der Waals surface area contributed by atoms with Crippen molar-refractivity contribution < 1.29 is 19.0 Å². The van der Waals surface area contributed by atoms with Crippen LogP contribution in [0.3, 0.4) is 0 Å². The highest BCUT2D eigenvalue weighted by molar-refractivity contribution is 7.21. The summed E-state index contributed by atoms with van der Waals surface area (Å²) in [5.41, 5.74) is 0.753. The molecule has 2 rings (SSSR count). The molecular formula is C14H16FNO3S. The molecule has 6 heteroatoms. The number of carbonyl (C=O) groups is 1. The van der Waals surface area contributed by atoms with Crippen LogP contribution in [0.15, 0.2) is 18.2 Å². The van der Waals surface area contributed by atoms with Gasteiger partial charge in [-0.05, 0) is 36.1 Å². The quantitative estimate of drug-likeness (QED) is 0.888. The van der Waals surface area contributed by atoms with E-state index >= 15 is 0 Å². The van der Waals surface area contributed by atoms with Gasteiger partial charge in [-0.1, -0.05) is 0 Å². The molecule has 108 valence electrons. The normalized spacial score (nSPS) is 12.6. The molecule has 0 fully saturated rings. The smallest absolute Gasteiger partial charge is 0.261 e. The number of hydrogen-bond donors (Lipinski definition) is 2. The molecule has 0 aliphatic carbocycles. The number of thiophene rings is 1. The lowest BCUT2D eigenvalue weighted by Crippen LogP contribution is -2.34. The lowest BCUT2D eigenvalue weighted by Gasteiger charge is -2.10. The van der Waals surface area contributed by atoms with Crippen molar-refractivity contribution in [2.45, 2.75) is 13.0 Å². The van der Waals surface area contributed by atoms with Crippen molar-refractivity contribution in [3.8, 4) is 0 Å². The summed E-state index contributed by atoms with van der Waals surface area (Å²) in [5, 5.41) is 12.9. The zero-order valence-corrected chi connectivity index (χ0v) is 12.1. The fraction of sp³-hybridized carbons (Fsp3) is 0.357. The summed E-state index contributed by atoms with van der Waals surface area (Å²) in [6.45, 7) is 2.07. The van der Waals surface area contributed by atoms with Gasteiger partial charge < -0.3 is 15.2 Å². The van der Waals surface area contributed by atoms with Crippen LogP contribution in [0.2, 0.25) is 0 Å². The van der Waals surface area contributed by atoms with Crippen molar-refractivity contribution in [3.63, 3.8) is 0 Å². The molecule has 0 saturated carbocycles. The zero-order valence-electron chi connectivity index (χ0n) is 11.3. The van der Waals surface area contributed by atoms with Crippen LogP contribution in [-0.4, -0.2) is 37.4 Å². The van der Waals surface area contributed by atoms with Crippen molar-refractivity contribution >= 4 is 27.3 Å². The van der Waals surface area contributed by atoms with E-state index in [0.29, 0.717) is 4.88 Å². The first kappa shape index (κ1) is 14.9. The lowest BCUT2D eigenvalue weighted by molar-refractivity contribution is 0.0610. The van der Waals surface area contributed by atoms with E-state index in [1.54, 1.807) is 13.0 Å². The summed E-state index contributed by atoms with van der Waals surface area (Å²) >= 11 is 1.31. The molecule has 1 amide bonds. The highest BCUT2D eigenvalue weighted by atomic mass is 32.1. The fourth-order valence-electron chi connectivity index (χ4n) is 1.95. The van der Waals surface area contributed by atoms with Gasteiger partial charge in [-0.3, -0.25) is 4.79 Å². The number of fused-ring (bicyclic) bond motifs is 1. The summed E-state index contributed by atoms with van der Waals surface area (Å²) in [7, 11) is 1.48. The van der Waals surface area contributed by atoms with Gasteiger partial charge in [0, 0.05) is 18.4 Å². The number of rotatable bonds is 5. The predicted octanol–water partition coefficient (Wildman–Crippen LogP) is 2.09. The SMILES string of the molecule is COCC(O)CNC(=O)c1sc2ccc(F)cc2c1C. The van der Waals surface area contributed by atoms with E-state index in [-0.39, 0.29) is 24.9 Å². The van der Waals surface area contributed by atoms with Crippen LogP contribution in [-0.2, 0) is 4.74 Å². The highest BCUT2D eigenvalue weighted by Crippen LogP contribution is 2.31. The lowest BCUT2D eigenvalue weighted by atomic mass is 10.1. The molecule has 0 saturated heterocycles. The Morgan fingerprint density at radius 2 is 2.30 bits per heavy atom. The molecule has 0 radical (unpaired) electrons. The van der Waals surface area contributed by atoms with E-state index in [9.17, 15) is 14.3 Å². The maximum absolute atomic E-state index is 13.2. The van der Waals surface area contributed by atoms with Gasteiger partial charge >= 0.3 is 0 Å². The molecule has 0 aliphatic rings. The van der Waals surface area contributed by atoms with Crippen molar-refractivity contribution in [2.24, 2.45) is 0 Å². The van der Waals surface area contributed by atoms with Gasteiger partial charge in [-0.25, -0.2) is 4.39 Å². The van der Waals surface area contributed by atoms with Crippen LogP contribution in [0.4, 0.5) is 4.39 Å². The van der Waals surface area contributed by atoms with Crippen molar-refractivity contribution in [1.82, 2.24) is 5.32 Å². The van der Waals surface area contributed by atoms with Gasteiger partial charge in [-0.15, -0.1) is 11.3 Å². The summed E-state index contributed by atoms with van der Waals surface area (Å²) in [5.74, 6) is -0.583. The molecule has 0 aliphatic heterocycles. The number of hydrogen-bond acceptors (Lipinski definition) is 4. The number of methoxy groups -OCH3 is 1. The van der Waals surface area contributed by atoms with E-state index in [0.717, 1.165) is 15.6 Å². The number of aliphatic hydroxyl groups is 1. The van der Waals surface area contributed by atoms with E-state index in [1.807, 2.05) is 0 Å². The van der Waals surface area contributed by atoms with Crippen LogP contribution in [0.1, 0.15) is 15.2 Å². The van der Waals surface area contributed by atoms with Crippen molar-refractivity contribution in [2.75, 3.05) is 20.3 Å². The van der Waals surface area contributed by atoms with Crippen LogP contribution in [0.25, 0.3) is 10.1 Å². The Labute approximate surface area is 120 Å². The first-order valence-corrected chi connectivity index (χ1v) is 6.98. The Morgan fingerprint density at radius 1 is 1.55 bits per heavy atom. The molecule has 2 aromatic rings. The van der Waals surface area contributed by atoms with Gasteiger partial charge in [0.1, 0.15) is 5.82 Å². The number of aliphatic hydroxyl groups excluding tert-OH is 1. The van der Waals surface area contributed by atoms with E-state index in [1.165, 1.54) is 30.6 Å². The Bertz CT molecular complexity index is 626. The maximum Gasteiger partial charge on any atom is 0.261 e. The monoisotopic (exact) mass is 297 g/mol. The Kier molecular flexibility index (Phi) is 4.69. The van der Waals surface area contributed by atoms with Crippen LogP contribution in [0, 0.1) is 12.7 Å². The average molecular weight is 297 g/mol. The van der Waals surface area contributed by atoms with Crippen LogP contribution >= 0.6 is 11.3 Å². The molecular weight excluding hydrogens is 281 g/mol. The van der Waals surface area contributed by atoms with Crippen LogP contribution < -0.4 is 5.32 Å². The number of benzene rings is 1. The van der Waals surface area contributed by atoms with Gasteiger partial charge in [0.05, 0.1) is 17.6 Å². The predicted molar refractivity (Wildman–Crippen MR) is 76.7 cm³/mol. The van der Waals surface area contributed by atoms with Gasteiger partial charge in [0.2, 0.25) is 0 Å². The molecule has 20 heavy (non-hydrogen) atoms. The highest BCUT2D eigenvalue weighted by Gasteiger charge is 2.16. The summed E-state index contributed by atoms with van der Waals surface area (Å²) in [6, 6.07) is 4.47. The maximum atomic E-state index is 13.2. The fourth-order valence-corrected chi connectivity index (χ4v) is 3.06. The topological polar surface area (TPSA) is 58.6 Å². The largest absolute Gasteiger partial charge is 0.389 e. The number of aryl methyl sites for hydroxylation is 1. The Morgan fingerprint density at radius 3 is 3.00 bits per heavy atom. The molecule has 4 nitrogen and oxygen atoms in total. The average Bonchev–Trinajstić information content (AvgIpc) is 2.74. The third-order valence-corrected chi connectivity index (χ3v) is 4.23. The molecule has 1 heterocycles. The van der Waals surface area contributed by atoms with Crippen molar-refractivity contribution in [3.05, 3.63) is 34.5 Å². The number of amides is 1. The van der Waals surface area contributed by atoms with Gasteiger partial charge in [0.15, 0.2) is 0 Å². The minimum absolute atomic E-state index is 0.120. The van der Waals surface area contributed by atoms with Gasteiger partial charge in [0.25, 0.3) is 5.91 Å². The number of nitrogens with one attached hydrogen (secondary N) is 1. The Balaban J connectivity index is 2.16. The van der Waals surface area contributed by atoms with Gasteiger partial charge in [-0.2, -0.15) is 0 Å². The third kappa shape index (κ3) is 3.15. The van der Waals surface area contributed by atoms with E-state index in [2.05, 4.69) is 5.32 Å². The number of carbonyl (C=O) groups excluding carboxylic acids is 1. The summed E-state index contributed by atoms with van der Waals surface area (Å²) in [6.07, 6.45) is -0.740. The number of halogens is 1. The van der Waals surface area contributed by atoms with Crippen LogP contribution in [0.5, 0.6) is 0 Å². The first-order valence-electron chi connectivity index (χ1n) is 6.16. The molecule has 2 N–H and O–H groups in total. The molecule has 0 bridgehead atoms. The summed E-state index contributed by atoms with van der Waals surface area (Å²) in [4.78, 5) is 12.6. The minimum Gasteiger partial charge on any atom is -0.389 e. The zero-order chi connectivity index (χ0) is 14.7. The standard InChI is InChI=1S/C14H16FNO3S/c1-8-11-5-9(15)3-4-12(11)20-13(8)14(18)16-6-10(17)7-19-2/h3-5,10,17H,6-7H2,1-2H3,(H,16,18). The molecule has 0 spiro atoms. The molecule has 1 atom stereocenters. The third-order valence-electron chi connectivity index (χ3n) is 2.96. The number of ether oxygens (including phenoxy) is 1. The first-order chi connectivity index (χ1) is 9.52. The second-order valence-corrected chi connectivity index (χ2v) is 5.57. The molecule has 1 aromatic heterocycles. The molecule has 1 unspecified atom stereocenters. The van der Waals surface area contributed by atoms with E-state index < -0.39 is 6.10 Å². The molecule has 1 aromatic carbocycles. The Hall–Kier alpha value is -1.50. The van der Waals surface area contributed by atoms with Crippen molar-refractivity contribution in [1.29, 1.82) is 0 Å². The minimum atomic E-state index is -0.740. The second-order valence-electron chi connectivity index (χ2n) is 4.52. The van der Waals surface area contributed by atoms with E-state index in [4.69, 9.17) is 4.74 Å².